The fraction of sp³-hybridized carbons (Fsp3) is 0.545. The van der Waals surface area contributed by atoms with Gasteiger partial charge in [0.25, 0.3) is 0 Å². The van der Waals surface area contributed by atoms with Gasteiger partial charge in [0, 0.05) is 24.8 Å². The summed E-state index contributed by atoms with van der Waals surface area (Å²) in [6.45, 7) is 0.240. The number of pyridine rings is 1. The summed E-state index contributed by atoms with van der Waals surface area (Å²) in [7, 11) is 0. The molecule has 0 aliphatic heterocycles. The van der Waals surface area contributed by atoms with E-state index in [-0.39, 0.29) is 6.61 Å². The van der Waals surface area contributed by atoms with Crippen LogP contribution in [0.25, 0.3) is 0 Å². The van der Waals surface area contributed by atoms with E-state index < -0.39 is 0 Å². The summed E-state index contributed by atoms with van der Waals surface area (Å²) < 4.78 is 0. The van der Waals surface area contributed by atoms with Gasteiger partial charge in [0.05, 0.1) is 5.69 Å². The van der Waals surface area contributed by atoms with Crippen LogP contribution in [0, 0.1) is 5.92 Å². The van der Waals surface area contributed by atoms with Crippen LogP contribution < -0.4 is 11.1 Å². The standard InChI is InChI=1S/C11H17N3O/c12-9-4-2-6-13-11(9)14-10-5-1-3-8(10)7-15/h2,4,6,8,10,15H,1,3,5,7,12H2,(H,13,14). The van der Waals surface area contributed by atoms with Gasteiger partial charge in [0.15, 0.2) is 0 Å². The number of aliphatic hydroxyl groups excluding tert-OH is 1. The molecule has 0 amide bonds. The smallest absolute Gasteiger partial charge is 0.149 e. The molecule has 1 heterocycles. The van der Waals surface area contributed by atoms with Crippen molar-refractivity contribution in [1.29, 1.82) is 0 Å². The largest absolute Gasteiger partial charge is 0.396 e. The summed E-state index contributed by atoms with van der Waals surface area (Å²) in [6.07, 6.45) is 5.05. The molecule has 0 bridgehead atoms. The van der Waals surface area contributed by atoms with E-state index in [1.165, 1.54) is 0 Å². The van der Waals surface area contributed by atoms with Gasteiger partial charge in [0.1, 0.15) is 5.82 Å². The van der Waals surface area contributed by atoms with Crippen LogP contribution in [0.15, 0.2) is 18.3 Å². The molecule has 4 nitrogen and oxygen atoms in total. The molecule has 1 saturated carbocycles. The lowest BCUT2D eigenvalue weighted by Gasteiger charge is -2.20. The summed E-state index contributed by atoms with van der Waals surface area (Å²) in [5.41, 5.74) is 6.47. The van der Waals surface area contributed by atoms with Crippen molar-refractivity contribution in [3.05, 3.63) is 18.3 Å². The number of hydrogen-bond donors (Lipinski definition) is 3. The maximum atomic E-state index is 9.19. The zero-order valence-electron chi connectivity index (χ0n) is 8.69. The molecule has 1 aromatic heterocycles. The maximum Gasteiger partial charge on any atom is 0.149 e. The molecule has 2 rings (SSSR count). The molecule has 0 aromatic carbocycles. The highest BCUT2D eigenvalue weighted by Gasteiger charge is 2.26. The van der Waals surface area contributed by atoms with Crippen molar-refractivity contribution in [2.45, 2.75) is 25.3 Å². The lowest BCUT2D eigenvalue weighted by molar-refractivity contribution is 0.222. The number of aromatic nitrogens is 1. The zero-order valence-corrected chi connectivity index (χ0v) is 8.69. The molecule has 2 atom stereocenters. The van der Waals surface area contributed by atoms with Crippen molar-refractivity contribution in [1.82, 2.24) is 4.98 Å². The summed E-state index contributed by atoms with van der Waals surface area (Å²) >= 11 is 0. The molecule has 1 aromatic rings. The Morgan fingerprint density at radius 3 is 3.13 bits per heavy atom. The number of nitrogen functional groups attached to an aromatic ring is 1. The van der Waals surface area contributed by atoms with Gasteiger partial charge in [0.2, 0.25) is 0 Å². The number of rotatable bonds is 3. The average Bonchev–Trinajstić information content (AvgIpc) is 2.69. The molecular weight excluding hydrogens is 190 g/mol. The van der Waals surface area contributed by atoms with Gasteiger partial charge in [-0.25, -0.2) is 4.98 Å². The van der Waals surface area contributed by atoms with E-state index in [1.54, 1.807) is 6.20 Å². The highest BCUT2D eigenvalue weighted by atomic mass is 16.3. The Morgan fingerprint density at radius 1 is 1.53 bits per heavy atom. The minimum Gasteiger partial charge on any atom is -0.396 e. The van der Waals surface area contributed by atoms with Crippen LogP contribution in [0.4, 0.5) is 11.5 Å². The minimum absolute atomic E-state index is 0.240. The van der Waals surface area contributed by atoms with Gasteiger partial charge >= 0.3 is 0 Å². The summed E-state index contributed by atoms with van der Waals surface area (Å²) in [5.74, 6) is 1.08. The number of anilines is 2. The van der Waals surface area contributed by atoms with E-state index >= 15 is 0 Å². The molecule has 1 aliphatic carbocycles. The molecule has 1 fully saturated rings. The first-order valence-corrected chi connectivity index (χ1v) is 5.39. The monoisotopic (exact) mass is 207 g/mol. The van der Waals surface area contributed by atoms with Crippen molar-refractivity contribution in [2.24, 2.45) is 5.92 Å². The van der Waals surface area contributed by atoms with E-state index in [1.807, 2.05) is 12.1 Å². The predicted molar refractivity (Wildman–Crippen MR) is 60.5 cm³/mol. The summed E-state index contributed by atoms with van der Waals surface area (Å²) in [5, 5.41) is 12.5. The second-order valence-corrected chi connectivity index (χ2v) is 4.07. The van der Waals surface area contributed by atoms with Crippen LogP contribution in [0.3, 0.4) is 0 Å². The fourth-order valence-corrected chi connectivity index (χ4v) is 2.16. The Balaban J connectivity index is 2.05. The van der Waals surface area contributed by atoms with Crippen molar-refractivity contribution in [3.63, 3.8) is 0 Å². The lowest BCUT2D eigenvalue weighted by Crippen LogP contribution is -2.27. The SMILES string of the molecule is Nc1cccnc1NC1CCCC1CO. The third kappa shape index (κ3) is 2.21. The van der Waals surface area contributed by atoms with Gasteiger partial charge < -0.3 is 16.2 Å². The fourth-order valence-electron chi connectivity index (χ4n) is 2.16. The molecular formula is C11H17N3O. The highest BCUT2D eigenvalue weighted by molar-refractivity contribution is 5.60. The van der Waals surface area contributed by atoms with Gasteiger partial charge in [-0.1, -0.05) is 6.42 Å². The quantitative estimate of drug-likeness (QED) is 0.697. The Hall–Kier alpha value is -1.29. The number of nitrogens with two attached hydrogens (primary N) is 1. The maximum absolute atomic E-state index is 9.19. The normalized spacial score (nSPS) is 25.4. The number of nitrogens with one attached hydrogen (secondary N) is 1. The molecule has 1 aliphatic rings. The van der Waals surface area contributed by atoms with Gasteiger partial charge in [-0.15, -0.1) is 0 Å². The van der Waals surface area contributed by atoms with E-state index in [4.69, 9.17) is 5.73 Å². The number of hydrogen-bond acceptors (Lipinski definition) is 4. The molecule has 4 N–H and O–H groups in total. The van der Waals surface area contributed by atoms with Crippen LogP contribution >= 0.6 is 0 Å². The topological polar surface area (TPSA) is 71.2 Å². The Kier molecular flexibility index (Phi) is 3.06. The Morgan fingerprint density at radius 2 is 2.40 bits per heavy atom. The van der Waals surface area contributed by atoms with E-state index in [2.05, 4.69) is 10.3 Å². The van der Waals surface area contributed by atoms with Gasteiger partial charge in [-0.05, 0) is 25.0 Å². The van der Waals surface area contributed by atoms with Crippen LogP contribution in [0.2, 0.25) is 0 Å². The third-order valence-electron chi connectivity index (χ3n) is 3.05. The van der Waals surface area contributed by atoms with Crippen molar-refractivity contribution in [2.75, 3.05) is 17.7 Å². The predicted octanol–water partition coefficient (Wildman–Crippen LogP) is 1.24. The Bertz CT molecular complexity index is 329. The molecule has 2 unspecified atom stereocenters. The van der Waals surface area contributed by atoms with Crippen LogP contribution in [-0.2, 0) is 0 Å². The van der Waals surface area contributed by atoms with Crippen molar-refractivity contribution in [3.8, 4) is 0 Å². The first-order chi connectivity index (χ1) is 7.31. The van der Waals surface area contributed by atoms with Crippen LogP contribution in [0.5, 0.6) is 0 Å². The highest BCUT2D eigenvalue weighted by Crippen LogP contribution is 2.28. The number of aliphatic hydroxyl groups is 1. The van der Waals surface area contributed by atoms with Crippen molar-refractivity contribution < 1.29 is 5.11 Å². The van der Waals surface area contributed by atoms with E-state index in [9.17, 15) is 5.11 Å². The van der Waals surface area contributed by atoms with Crippen LogP contribution in [0.1, 0.15) is 19.3 Å². The molecule has 0 saturated heterocycles. The molecule has 0 spiro atoms. The summed E-state index contributed by atoms with van der Waals surface area (Å²) in [6, 6.07) is 3.96. The first-order valence-electron chi connectivity index (χ1n) is 5.39. The van der Waals surface area contributed by atoms with Crippen molar-refractivity contribution >= 4 is 11.5 Å². The average molecular weight is 207 g/mol. The molecule has 15 heavy (non-hydrogen) atoms. The van der Waals surface area contributed by atoms with Gasteiger partial charge in [-0.3, -0.25) is 0 Å². The molecule has 82 valence electrons. The second-order valence-electron chi connectivity index (χ2n) is 4.07. The second kappa shape index (κ2) is 4.49. The third-order valence-corrected chi connectivity index (χ3v) is 3.05. The van der Waals surface area contributed by atoms with E-state index in [0.717, 1.165) is 25.1 Å². The molecule has 0 radical (unpaired) electrons. The van der Waals surface area contributed by atoms with Crippen LogP contribution in [-0.4, -0.2) is 22.7 Å². The summed E-state index contributed by atoms with van der Waals surface area (Å²) in [4.78, 5) is 4.19. The molecule has 4 heteroatoms. The van der Waals surface area contributed by atoms with Gasteiger partial charge in [-0.2, -0.15) is 0 Å². The Labute approximate surface area is 89.5 Å². The number of nitrogens with zero attached hydrogens (tertiary/aromatic N) is 1. The first kappa shape index (κ1) is 10.2. The minimum atomic E-state index is 0.240. The zero-order chi connectivity index (χ0) is 10.7. The van der Waals surface area contributed by atoms with E-state index in [0.29, 0.717) is 17.6 Å². The lowest BCUT2D eigenvalue weighted by atomic mass is 10.1.